The zero-order valence-corrected chi connectivity index (χ0v) is 14.9. The third-order valence-corrected chi connectivity index (χ3v) is 4.95. The van der Waals surface area contributed by atoms with E-state index in [0.717, 1.165) is 43.0 Å². The molecule has 2 aromatic rings. The Kier molecular flexibility index (Phi) is 6.30. The van der Waals surface area contributed by atoms with Gasteiger partial charge in [-0.1, -0.05) is 56.1 Å². The van der Waals surface area contributed by atoms with Crippen molar-refractivity contribution in [2.45, 2.75) is 33.1 Å². The van der Waals surface area contributed by atoms with Crippen LogP contribution in [0, 0.1) is 0 Å². The van der Waals surface area contributed by atoms with E-state index in [1.807, 2.05) is 12.1 Å². The van der Waals surface area contributed by atoms with E-state index in [2.05, 4.69) is 41.9 Å². The Bertz CT molecular complexity index is 606. The highest BCUT2D eigenvalue weighted by atomic mass is 35.5. The Morgan fingerprint density at radius 1 is 1.23 bits per heavy atom. The van der Waals surface area contributed by atoms with Crippen LogP contribution >= 0.6 is 23.2 Å². The maximum Gasteiger partial charge on any atom is 0.0939 e. The minimum atomic E-state index is 0.430. The van der Waals surface area contributed by atoms with Crippen LogP contribution in [-0.2, 0) is 0 Å². The number of halogens is 2. The molecule has 0 aliphatic heterocycles. The standard InChI is InChI=1S/C17H23Cl2N3/c1-4-22(5-2)10-9-12(3)15-11-16(21-20-15)13-7-6-8-14(18)17(13)19/h6-8,11-12H,4-5,9-10H2,1-3H3,(H,20,21). The Morgan fingerprint density at radius 2 is 1.95 bits per heavy atom. The van der Waals surface area contributed by atoms with Crippen molar-refractivity contribution < 1.29 is 0 Å². The van der Waals surface area contributed by atoms with Crippen molar-refractivity contribution in [3.63, 3.8) is 0 Å². The summed E-state index contributed by atoms with van der Waals surface area (Å²) < 4.78 is 0. The molecule has 22 heavy (non-hydrogen) atoms. The van der Waals surface area contributed by atoms with E-state index in [0.29, 0.717) is 16.0 Å². The van der Waals surface area contributed by atoms with E-state index in [4.69, 9.17) is 23.2 Å². The van der Waals surface area contributed by atoms with Gasteiger partial charge in [-0.2, -0.15) is 5.10 Å². The number of hydrogen-bond donors (Lipinski definition) is 1. The van der Waals surface area contributed by atoms with Crippen LogP contribution in [0.25, 0.3) is 11.3 Å². The highest BCUT2D eigenvalue weighted by Gasteiger charge is 2.14. The van der Waals surface area contributed by atoms with Crippen molar-refractivity contribution in [3.05, 3.63) is 40.0 Å². The van der Waals surface area contributed by atoms with E-state index in [1.54, 1.807) is 6.07 Å². The first-order valence-corrected chi connectivity index (χ1v) is 8.54. The highest BCUT2D eigenvalue weighted by Crippen LogP contribution is 2.33. The Morgan fingerprint density at radius 3 is 2.64 bits per heavy atom. The van der Waals surface area contributed by atoms with Crippen LogP contribution in [-0.4, -0.2) is 34.7 Å². The van der Waals surface area contributed by atoms with Gasteiger partial charge in [0.25, 0.3) is 0 Å². The van der Waals surface area contributed by atoms with Gasteiger partial charge in [-0.05, 0) is 44.1 Å². The molecule has 120 valence electrons. The van der Waals surface area contributed by atoms with Gasteiger partial charge >= 0.3 is 0 Å². The molecule has 1 aromatic heterocycles. The topological polar surface area (TPSA) is 31.9 Å². The van der Waals surface area contributed by atoms with Crippen molar-refractivity contribution >= 4 is 23.2 Å². The van der Waals surface area contributed by atoms with Gasteiger partial charge in [0.1, 0.15) is 0 Å². The number of aromatic nitrogens is 2. The fourth-order valence-corrected chi connectivity index (χ4v) is 2.90. The van der Waals surface area contributed by atoms with Crippen molar-refractivity contribution in [2.24, 2.45) is 0 Å². The number of rotatable bonds is 7. The van der Waals surface area contributed by atoms with Crippen molar-refractivity contribution in [2.75, 3.05) is 19.6 Å². The summed E-state index contributed by atoms with van der Waals surface area (Å²) in [6.45, 7) is 9.90. The summed E-state index contributed by atoms with van der Waals surface area (Å²) in [5.74, 6) is 0.430. The Balaban J connectivity index is 2.09. The summed E-state index contributed by atoms with van der Waals surface area (Å²) in [6.07, 6.45) is 1.10. The summed E-state index contributed by atoms with van der Waals surface area (Å²) in [4.78, 5) is 2.43. The SMILES string of the molecule is CCN(CC)CCC(C)c1cc(-c2cccc(Cl)c2Cl)n[nH]1. The number of benzene rings is 1. The molecular weight excluding hydrogens is 317 g/mol. The van der Waals surface area contributed by atoms with Crippen LogP contribution in [0.3, 0.4) is 0 Å². The normalized spacial score (nSPS) is 12.8. The number of nitrogens with zero attached hydrogens (tertiary/aromatic N) is 2. The molecule has 0 fully saturated rings. The van der Waals surface area contributed by atoms with Crippen molar-refractivity contribution in [3.8, 4) is 11.3 Å². The number of H-pyrrole nitrogens is 1. The summed E-state index contributed by atoms with van der Waals surface area (Å²) >= 11 is 12.3. The molecule has 1 atom stereocenters. The molecule has 0 spiro atoms. The molecule has 0 bridgehead atoms. The maximum atomic E-state index is 6.26. The molecular formula is C17H23Cl2N3. The minimum Gasteiger partial charge on any atom is -0.304 e. The fourth-order valence-electron chi connectivity index (χ4n) is 2.50. The van der Waals surface area contributed by atoms with E-state index in [9.17, 15) is 0 Å². The summed E-state index contributed by atoms with van der Waals surface area (Å²) in [5.41, 5.74) is 2.85. The summed E-state index contributed by atoms with van der Waals surface area (Å²) in [5, 5.41) is 8.64. The molecule has 0 aliphatic rings. The monoisotopic (exact) mass is 339 g/mol. The van der Waals surface area contributed by atoms with Crippen LogP contribution in [0.4, 0.5) is 0 Å². The van der Waals surface area contributed by atoms with Crippen LogP contribution < -0.4 is 0 Å². The van der Waals surface area contributed by atoms with Gasteiger partial charge < -0.3 is 4.90 Å². The molecule has 1 unspecified atom stereocenters. The average Bonchev–Trinajstić information content (AvgIpc) is 3.00. The molecule has 0 saturated carbocycles. The molecule has 0 radical (unpaired) electrons. The van der Waals surface area contributed by atoms with E-state index in [1.165, 1.54) is 0 Å². The van der Waals surface area contributed by atoms with Gasteiger partial charge in [0.2, 0.25) is 0 Å². The van der Waals surface area contributed by atoms with Crippen LogP contribution in [0.15, 0.2) is 24.3 Å². The largest absolute Gasteiger partial charge is 0.304 e. The zero-order chi connectivity index (χ0) is 16.1. The van der Waals surface area contributed by atoms with E-state index >= 15 is 0 Å². The van der Waals surface area contributed by atoms with Gasteiger partial charge in [-0.25, -0.2) is 0 Å². The van der Waals surface area contributed by atoms with E-state index < -0.39 is 0 Å². The first-order chi connectivity index (χ1) is 10.6. The molecule has 5 heteroatoms. The molecule has 0 saturated heterocycles. The number of nitrogens with one attached hydrogen (secondary N) is 1. The van der Waals surface area contributed by atoms with Gasteiger partial charge in [-0.15, -0.1) is 0 Å². The molecule has 3 nitrogen and oxygen atoms in total. The van der Waals surface area contributed by atoms with Gasteiger partial charge in [0.05, 0.1) is 15.7 Å². The van der Waals surface area contributed by atoms with E-state index in [-0.39, 0.29) is 0 Å². The van der Waals surface area contributed by atoms with Gasteiger partial charge in [0.15, 0.2) is 0 Å². The molecule has 1 N–H and O–H groups in total. The molecule has 1 heterocycles. The summed E-state index contributed by atoms with van der Waals surface area (Å²) in [7, 11) is 0. The first-order valence-electron chi connectivity index (χ1n) is 7.78. The second-order valence-corrected chi connectivity index (χ2v) is 6.31. The number of aromatic amines is 1. The van der Waals surface area contributed by atoms with Crippen molar-refractivity contribution in [1.29, 1.82) is 0 Å². The zero-order valence-electron chi connectivity index (χ0n) is 13.4. The van der Waals surface area contributed by atoms with Crippen LogP contribution in [0.5, 0.6) is 0 Å². The highest BCUT2D eigenvalue weighted by molar-refractivity contribution is 6.43. The molecule has 2 rings (SSSR count). The molecule has 0 amide bonds. The lowest BCUT2D eigenvalue weighted by Gasteiger charge is -2.19. The second kappa shape index (κ2) is 8.00. The van der Waals surface area contributed by atoms with Gasteiger partial charge in [-0.3, -0.25) is 5.10 Å². The smallest absolute Gasteiger partial charge is 0.0939 e. The fraction of sp³-hybridized carbons (Fsp3) is 0.471. The number of hydrogen-bond acceptors (Lipinski definition) is 2. The molecule has 0 aliphatic carbocycles. The van der Waals surface area contributed by atoms with Crippen LogP contribution in [0.2, 0.25) is 10.0 Å². The quantitative estimate of drug-likeness (QED) is 0.749. The van der Waals surface area contributed by atoms with Gasteiger partial charge in [0, 0.05) is 11.3 Å². The lowest BCUT2D eigenvalue weighted by atomic mass is 10.0. The average molecular weight is 340 g/mol. The van der Waals surface area contributed by atoms with Crippen molar-refractivity contribution in [1.82, 2.24) is 15.1 Å². The summed E-state index contributed by atoms with van der Waals surface area (Å²) in [6, 6.07) is 7.69. The predicted octanol–water partition coefficient (Wildman–Crippen LogP) is 5.22. The Labute approximate surface area is 142 Å². The van der Waals surface area contributed by atoms with Crippen LogP contribution in [0.1, 0.15) is 38.8 Å². The maximum absolute atomic E-state index is 6.26. The minimum absolute atomic E-state index is 0.430. The third kappa shape index (κ3) is 4.03. The molecule has 1 aromatic carbocycles. The predicted molar refractivity (Wildman–Crippen MR) is 94.9 cm³/mol. The third-order valence-electron chi connectivity index (χ3n) is 4.13. The lowest BCUT2D eigenvalue weighted by Crippen LogP contribution is -2.25. The first kappa shape index (κ1) is 17.3. The lowest BCUT2D eigenvalue weighted by molar-refractivity contribution is 0.292. The second-order valence-electron chi connectivity index (χ2n) is 5.53. The Hall–Kier alpha value is -1.03.